The minimum absolute atomic E-state index is 0.0994. The highest BCUT2D eigenvalue weighted by Crippen LogP contribution is 2.10. The van der Waals surface area contributed by atoms with Gasteiger partial charge in [-0.2, -0.15) is 0 Å². The molecule has 24 heavy (non-hydrogen) atoms. The maximum Gasteiger partial charge on any atom is 0.305 e. The molecule has 0 spiro atoms. The molecular formula is C20H40O4. The zero-order valence-electron chi connectivity index (χ0n) is 16.3. The molecule has 0 bridgehead atoms. The predicted molar refractivity (Wildman–Crippen MR) is 99.3 cm³/mol. The maximum absolute atomic E-state index is 11.6. The summed E-state index contributed by atoms with van der Waals surface area (Å²) in [5.41, 5.74) is 0. The summed E-state index contributed by atoms with van der Waals surface area (Å²) in [6.45, 7) is 9.91. The minimum Gasteiger partial charge on any atom is -0.466 e. The zero-order chi connectivity index (χ0) is 17.9. The van der Waals surface area contributed by atoms with Crippen molar-refractivity contribution >= 4 is 5.97 Å². The second kappa shape index (κ2) is 18.7. The van der Waals surface area contributed by atoms with Crippen molar-refractivity contribution in [1.29, 1.82) is 0 Å². The van der Waals surface area contributed by atoms with Crippen molar-refractivity contribution in [2.24, 2.45) is 5.92 Å². The Morgan fingerprint density at radius 1 is 0.750 bits per heavy atom. The van der Waals surface area contributed by atoms with Gasteiger partial charge in [-0.25, -0.2) is 0 Å². The van der Waals surface area contributed by atoms with E-state index in [0.717, 1.165) is 44.6 Å². The number of hydrogen-bond donors (Lipinski definition) is 0. The zero-order valence-corrected chi connectivity index (χ0v) is 16.3. The summed E-state index contributed by atoms with van der Waals surface area (Å²) in [5, 5.41) is 0. The molecule has 0 N–H and O–H groups in total. The van der Waals surface area contributed by atoms with Gasteiger partial charge in [-0.05, 0) is 25.2 Å². The van der Waals surface area contributed by atoms with E-state index in [1.54, 1.807) is 0 Å². The van der Waals surface area contributed by atoms with Crippen LogP contribution in [0.15, 0.2) is 0 Å². The van der Waals surface area contributed by atoms with Crippen LogP contribution in [0.3, 0.4) is 0 Å². The SMILES string of the molecule is CCCCOCCOCCCC(=O)OCCCCCCCC(C)C. The van der Waals surface area contributed by atoms with E-state index in [0.29, 0.717) is 32.8 Å². The molecule has 0 heterocycles. The molecule has 0 saturated heterocycles. The van der Waals surface area contributed by atoms with E-state index < -0.39 is 0 Å². The van der Waals surface area contributed by atoms with Gasteiger partial charge in [0, 0.05) is 19.6 Å². The summed E-state index contributed by atoms with van der Waals surface area (Å²) >= 11 is 0. The highest BCUT2D eigenvalue weighted by atomic mass is 16.5. The summed E-state index contributed by atoms with van der Waals surface area (Å²) in [4.78, 5) is 11.6. The second-order valence-electron chi connectivity index (χ2n) is 6.85. The Hall–Kier alpha value is -0.610. The van der Waals surface area contributed by atoms with Crippen molar-refractivity contribution in [3.63, 3.8) is 0 Å². The Labute approximate surface area is 149 Å². The molecule has 0 saturated carbocycles. The topological polar surface area (TPSA) is 44.8 Å². The van der Waals surface area contributed by atoms with E-state index >= 15 is 0 Å². The van der Waals surface area contributed by atoms with Crippen LogP contribution in [0.4, 0.5) is 0 Å². The monoisotopic (exact) mass is 344 g/mol. The van der Waals surface area contributed by atoms with E-state index in [-0.39, 0.29) is 5.97 Å². The number of rotatable bonds is 18. The van der Waals surface area contributed by atoms with Gasteiger partial charge in [0.15, 0.2) is 0 Å². The summed E-state index contributed by atoms with van der Waals surface area (Å²) in [5.74, 6) is 0.709. The van der Waals surface area contributed by atoms with Gasteiger partial charge in [0.1, 0.15) is 0 Å². The summed E-state index contributed by atoms with van der Waals surface area (Å²) < 4.78 is 16.1. The Morgan fingerprint density at radius 3 is 2.04 bits per heavy atom. The lowest BCUT2D eigenvalue weighted by molar-refractivity contribution is -0.144. The Balaban J connectivity index is 3.16. The number of esters is 1. The third-order valence-electron chi connectivity index (χ3n) is 3.87. The number of carbonyl (C=O) groups excluding carboxylic acids is 1. The molecule has 0 rings (SSSR count). The molecule has 0 aromatic carbocycles. The molecule has 0 amide bonds. The Bertz CT molecular complexity index is 266. The van der Waals surface area contributed by atoms with Crippen LogP contribution in [0.25, 0.3) is 0 Å². The fourth-order valence-electron chi connectivity index (χ4n) is 2.33. The molecule has 0 fully saturated rings. The lowest BCUT2D eigenvalue weighted by atomic mass is 10.0. The minimum atomic E-state index is -0.0994. The summed E-state index contributed by atoms with van der Waals surface area (Å²) in [7, 11) is 0. The molecule has 144 valence electrons. The first kappa shape index (κ1) is 23.4. The molecule has 4 heteroatoms. The smallest absolute Gasteiger partial charge is 0.305 e. The average molecular weight is 345 g/mol. The van der Waals surface area contributed by atoms with Crippen molar-refractivity contribution in [2.45, 2.75) is 85.0 Å². The summed E-state index contributed by atoms with van der Waals surface area (Å²) in [6.07, 6.45) is 10.8. The Morgan fingerprint density at radius 2 is 1.38 bits per heavy atom. The van der Waals surface area contributed by atoms with Crippen molar-refractivity contribution in [3.8, 4) is 0 Å². The van der Waals surface area contributed by atoms with Crippen LogP contribution in [0.5, 0.6) is 0 Å². The van der Waals surface area contributed by atoms with Crippen LogP contribution >= 0.6 is 0 Å². The molecule has 0 aliphatic heterocycles. The van der Waals surface area contributed by atoms with Gasteiger partial charge in [-0.15, -0.1) is 0 Å². The first-order valence-corrected chi connectivity index (χ1v) is 9.98. The van der Waals surface area contributed by atoms with Crippen molar-refractivity contribution in [3.05, 3.63) is 0 Å². The fourth-order valence-corrected chi connectivity index (χ4v) is 2.33. The van der Waals surface area contributed by atoms with Gasteiger partial charge in [-0.1, -0.05) is 59.3 Å². The van der Waals surface area contributed by atoms with Crippen molar-refractivity contribution in [2.75, 3.05) is 33.0 Å². The standard InChI is InChI=1S/C20H40O4/c1-4-5-14-22-17-18-23-15-11-13-20(21)24-16-10-8-6-7-9-12-19(2)3/h19H,4-18H2,1-3H3. The van der Waals surface area contributed by atoms with E-state index in [9.17, 15) is 4.79 Å². The lowest BCUT2D eigenvalue weighted by Gasteiger charge is -2.07. The molecule has 0 aliphatic carbocycles. The fraction of sp³-hybridized carbons (Fsp3) is 0.950. The number of carbonyl (C=O) groups is 1. The normalized spacial score (nSPS) is 11.2. The van der Waals surface area contributed by atoms with Crippen LogP contribution in [0.1, 0.15) is 85.0 Å². The molecule has 4 nitrogen and oxygen atoms in total. The number of ether oxygens (including phenoxy) is 3. The number of hydrogen-bond acceptors (Lipinski definition) is 4. The maximum atomic E-state index is 11.6. The average Bonchev–Trinajstić information content (AvgIpc) is 2.55. The van der Waals surface area contributed by atoms with E-state index in [1.807, 2.05) is 0 Å². The molecule has 0 aromatic rings. The molecular weight excluding hydrogens is 304 g/mol. The van der Waals surface area contributed by atoms with Crippen LogP contribution in [-0.2, 0) is 19.0 Å². The van der Waals surface area contributed by atoms with Crippen molar-refractivity contribution < 1.29 is 19.0 Å². The largest absolute Gasteiger partial charge is 0.466 e. The Kier molecular flexibility index (Phi) is 18.2. The molecule has 0 unspecified atom stereocenters. The van der Waals surface area contributed by atoms with Gasteiger partial charge in [0.25, 0.3) is 0 Å². The molecule has 0 atom stereocenters. The van der Waals surface area contributed by atoms with Crippen LogP contribution in [0.2, 0.25) is 0 Å². The van der Waals surface area contributed by atoms with E-state index in [1.165, 1.54) is 25.7 Å². The van der Waals surface area contributed by atoms with Gasteiger partial charge < -0.3 is 14.2 Å². The van der Waals surface area contributed by atoms with E-state index in [4.69, 9.17) is 14.2 Å². The van der Waals surface area contributed by atoms with Gasteiger partial charge >= 0.3 is 5.97 Å². The first-order valence-electron chi connectivity index (χ1n) is 9.98. The predicted octanol–water partition coefficient (Wildman–Crippen LogP) is 5.14. The quantitative estimate of drug-likeness (QED) is 0.255. The van der Waals surface area contributed by atoms with Crippen LogP contribution in [-0.4, -0.2) is 39.0 Å². The first-order chi connectivity index (χ1) is 11.7. The van der Waals surface area contributed by atoms with Gasteiger partial charge in [-0.3, -0.25) is 4.79 Å². The van der Waals surface area contributed by atoms with E-state index in [2.05, 4.69) is 20.8 Å². The third kappa shape index (κ3) is 19.4. The van der Waals surface area contributed by atoms with Crippen molar-refractivity contribution in [1.82, 2.24) is 0 Å². The lowest BCUT2D eigenvalue weighted by Crippen LogP contribution is -2.09. The molecule has 0 aliphatic rings. The second-order valence-corrected chi connectivity index (χ2v) is 6.85. The number of unbranched alkanes of at least 4 members (excludes halogenated alkanes) is 5. The van der Waals surface area contributed by atoms with Crippen LogP contribution < -0.4 is 0 Å². The molecule has 0 aromatic heterocycles. The summed E-state index contributed by atoms with van der Waals surface area (Å²) in [6, 6.07) is 0. The van der Waals surface area contributed by atoms with Gasteiger partial charge in [0.05, 0.1) is 19.8 Å². The highest BCUT2D eigenvalue weighted by Gasteiger charge is 2.02. The third-order valence-corrected chi connectivity index (χ3v) is 3.87. The molecule has 0 radical (unpaired) electrons. The van der Waals surface area contributed by atoms with Crippen LogP contribution in [0, 0.1) is 5.92 Å². The van der Waals surface area contributed by atoms with Gasteiger partial charge in [0.2, 0.25) is 0 Å². The highest BCUT2D eigenvalue weighted by molar-refractivity contribution is 5.69.